The summed E-state index contributed by atoms with van der Waals surface area (Å²) in [5.74, 6) is -0.0201. The molecular formula is C22H31FN2O2. The third-order valence-electron chi connectivity index (χ3n) is 4.21. The molecule has 2 rings (SSSR count). The Morgan fingerprint density at radius 1 is 1.15 bits per heavy atom. The molecule has 1 aromatic heterocycles. The van der Waals surface area contributed by atoms with Crippen molar-refractivity contribution in [1.82, 2.24) is 9.78 Å². The van der Waals surface area contributed by atoms with Crippen LogP contribution in [-0.2, 0) is 10.2 Å². The van der Waals surface area contributed by atoms with Crippen LogP contribution in [0.5, 0.6) is 5.88 Å². The third-order valence-corrected chi connectivity index (χ3v) is 4.21. The van der Waals surface area contributed by atoms with Crippen LogP contribution in [0.15, 0.2) is 30.3 Å². The maximum atomic E-state index is 13.3. The van der Waals surface area contributed by atoms with E-state index in [4.69, 9.17) is 4.74 Å². The SMILES string of the molecule is CC(CC(=O)Oc1cc(C(C)(C)C)nn1-c1ccc(F)cc1)CC(C)(C)C. The highest BCUT2D eigenvalue weighted by atomic mass is 19.1. The normalized spacial score (nSPS) is 13.5. The fourth-order valence-electron chi connectivity index (χ4n) is 3.13. The molecule has 0 aliphatic rings. The van der Waals surface area contributed by atoms with Gasteiger partial charge in [-0.1, -0.05) is 48.5 Å². The second-order valence-electron chi connectivity index (χ2n) is 9.55. The number of hydrogen-bond acceptors (Lipinski definition) is 3. The van der Waals surface area contributed by atoms with Crippen molar-refractivity contribution in [1.29, 1.82) is 0 Å². The van der Waals surface area contributed by atoms with Crippen LogP contribution in [0.1, 0.15) is 67.0 Å². The summed E-state index contributed by atoms with van der Waals surface area (Å²) in [4.78, 5) is 12.5. The maximum absolute atomic E-state index is 13.3. The standard InChI is InChI=1S/C22H31FN2O2/c1-15(14-21(2,3)4)12-20(26)27-19-13-18(22(5,6)7)24-25(19)17-10-8-16(23)9-11-17/h8-11,13,15H,12,14H2,1-7H3. The predicted molar refractivity (Wildman–Crippen MR) is 106 cm³/mol. The van der Waals surface area contributed by atoms with Crippen molar-refractivity contribution in [2.24, 2.45) is 11.3 Å². The molecule has 0 fully saturated rings. The van der Waals surface area contributed by atoms with E-state index in [1.807, 2.05) is 20.8 Å². The lowest BCUT2D eigenvalue weighted by Crippen LogP contribution is -2.18. The lowest BCUT2D eigenvalue weighted by atomic mass is 9.84. The number of esters is 1. The first kappa shape index (κ1) is 21.1. The Labute approximate surface area is 161 Å². The highest BCUT2D eigenvalue weighted by molar-refractivity contribution is 5.72. The van der Waals surface area contributed by atoms with E-state index in [0.717, 1.165) is 12.1 Å². The van der Waals surface area contributed by atoms with E-state index in [1.54, 1.807) is 22.9 Å². The van der Waals surface area contributed by atoms with Gasteiger partial charge in [-0.2, -0.15) is 5.10 Å². The molecule has 0 aliphatic heterocycles. The molecule has 5 heteroatoms. The van der Waals surface area contributed by atoms with Gasteiger partial charge in [0.25, 0.3) is 0 Å². The number of carbonyl (C=O) groups is 1. The first-order chi connectivity index (χ1) is 12.3. The quantitative estimate of drug-likeness (QED) is 0.633. The van der Waals surface area contributed by atoms with Crippen molar-refractivity contribution < 1.29 is 13.9 Å². The van der Waals surface area contributed by atoms with E-state index >= 15 is 0 Å². The minimum absolute atomic E-state index is 0.162. The minimum atomic E-state index is -0.323. The van der Waals surface area contributed by atoms with Crippen LogP contribution in [0.3, 0.4) is 0 Å². The number of benzene rings is 1. The summed E-state index contributed by atoms with van der Waals surface area (Å²) in [6.07, 6.45) is 1.28. The Morgan fingerprint density at radius 2 is 1.74 bits per heavy atom. The summed E-state index contributed by atoms with van der Waals surface area (Å²) < 4.78 is 20.5. The molecule has 1 aromatic carbocycles. The zero-order valence-electron chi connectivity index (χ0n) is 17.5. The Bertz CT molecular complexity index is 780. The number of nitrogens with zero attached hydrogens (tertiary/aromatic N) is 2. The van der Waals surface area contributed by atoms with Gasteiger partial charge in [-0.15, -0.1) is 0 Å². The largest absolute Gasteiger partial charge is 0.407 e. The Morgan fingerprint density at radius 3 is 2.26 bits per heavy atom. The van der Waals surface area contributed by atoms with E-state index < -0.39 is 0 Å². The van der Waals surface area contributed by atoms with Gasteiger partial charge < -0.3 is 4.74 Å². The van der Waals surface area contributed by atoms with Gasteiger partial charge in [0.05, 0.1) is 11.4 Å². The molecule has 0 aliphatic carbocycles. The molecule has 4 nitrogen and oxygen atoms in total. The van der Waals surface area contributed by atoms with Crippen LogP contribution in [0.25, 0.3) is 5.69 Å². The summed E-state index contributed by atoms with van der Waals surface area (Å²) in [5, 5.41) is 4.59. The van der Waals surface area contributed by atoms with E-state index in [2.05, 4.69) is 32.8 Å². The Hall–Kier alpha value is -2.17. The van der Waals surface area contributed by atoms with Crippen LogP contribution in [0.4, 0.5) is 4.39 Å². The highest BCUT2D eigenvalue weighted by Crippen LogP contribution is 2.29. The molecule has 0 saturated heterocycles. The van der Waals surface area contributed by atoms with Crippen LogP contribution in [-0.4, -0.2) is 15.7 Å². The summed E-state index contributed by atoms with van der Waals surface area (Å²) in [7, 11) is 0. The number of carbonyl (C=O) groups excluding carboxylic acids is 1. The fourth-order valence-corrected chi connectivity index (χ4v) is 3.13. The first-order valence-corrected chi connectivity index (χ1v) is 9.42. The van der Waals surface area contributed by atoms with Gasteiger partial charge in [-0.3, -0.25) is 4.79 Å². The number of ether oxygens (including phenoxy) is 1. The molecule has 0 spiro atoms. The van der Waals surface area contributed by atoms with Crippen molar-refractivity contribution in [3.05, 3.63) is 41.8 Å². The second-order valence-corrected chi connectivity index (χ2v) is 9.55. The average molecular weight is 375 g/mol. The van der Waals surface area contributed by atoms with Gasteiger partial charge in [0.2, 0.25) is 5.88 Å². The summed E-state index contributed by atoms with van der Waals surface area (Å²) >= 11 is 0. The molecule has 0 saturated carbocycles. The Kier molecular flexibility index (Phi) is 6.13. The molecule has 1 atom stereocenters. The Balaban J connectivity index is 2.25. The van der Waals surface area contributed by atoms with E-state index in [-0.39, 0.29) is 28.5 Å². The molecule has 1 heterocycles. The lowest BCUT2D eigenvalue weighted by Gasteiger charge is -2.22. The monoisotopic (exact) mass is 374 g/mol. The zero-order valence-corrected chi connectivity index (χ0v) is 17.5. The van der Waals surface area contributed by atoms with E-state index in [0.29, 0.717) is 18.0 Å². The van der Waals surface area contributed by atoms with Gasteiger partial charge in [-0.25, -0.2) is 9.07 Å². The van der Waals surface area contributed by atoms with Crippen LogP contribution in [0, 0.1) is 17.2 Å². The molecule has 2 aromatic rings. The maximum Gasteiger partial charge on any atom is 0.312 e. The highest BCUT2D eigenvalue weighted by Gasteiger charge is 2.24. The molecule has 0 bridgehead atoms. The molecule has 27 heavy (non-hydrogen) atoms. The number of hydrogen-bond donors (Lipinski definition) is 0. The number of aromatic nitrogens is 2. The van der Waals surface area contributed by atoms with Crippen molar-refractivity contribution in [2.45, 2.75) is 66.7 Å². The van der Waals surface area contributed by atoms with Crippen molar-refractivity contribution in [3.8, 4) is 11.6 Å². The fraction of sp³-hybridized carbons (Fsp3) is 0.545. The van der Waals surface area contributed by atoms with Gasteiger partial charge in [0.15, 0.2) is 0 Å². The van der Waals surface area contributed by atoms with Gasteiger partial charge in [0.1, 0.15) is 5.82 Å². The zero-order chi connectivity index (χ0) is 20.4. The topological polar surface area (TPSA) is 44.1 Å². The average Bonchev–Trinajstić information content (AvgIpc) is 2.89. The number of halogens is 1. The van der Waals surface area contributed by atoms with Crippen LogP contribution in [0.2, 0.25) is 0 Å². The lowest BCUT2D eigenvalue weighted by molar-refractivity contribution is -0.135. The van der Waals surface area contributed by atoms with Crippen LogP contribution < -0.4 is 4.74 Å². The van der Waals surface area contributed by atoms with Gasteiger partial charge in [-0.05, 0) is 42.0 Å². The molecule has 0 N–H and O–H groups in total. The van der Waals surface area contributed by atoms with Crippen molar-refractivity contribution in [2.75, 3.05) is 0 Å². The summed E-state index contributed by atoms with van der Waals surface area (Å²) in [6, 6.07) is 7.76. The first-order valence-electron chi connectivity index (χ1n) is 9.42. The smallest absolute Gasteiger partial charge is 0.312 e. The van der Waals surface area contributed by atoms with E-state index in [1.165, 1.54) is 12.1 Å². The summed E-state index contributed by atoms with van der Waals surface area (Å²) in [6.45, 7) is 14.7. The minimum Gasteiger partial charge on any atom is -0.407 e. The van der Waals surface area contributed by atoms with E-state index in [9.17, 15) is 9.18 Å². The van der Waals surface area contributed by atoms with Crippen LogP contribution >= 0.6 is 0 Å². The number of rotatable bonds is 5. The molecular weight excluding hydrogens is 343 g/mol. The molecule has 0 amide bonds. The second kappa shape index (κ2) is 7.83. The third kappa shape index (κ3) is 6.19. The van der Waals surface area contributed by atoms with Crippen molar-refractivity contribution in [3.63, 3.8) is 0 Å². The molecule has 148 valence electrons. The van der Waals surface area contributed by atoms with Gasteiger partial charge in [0, 0.05) is 17.9 Å². The molecule has 1 unspecified atom stereocenters. The van der Waals surface area contributed by atoms with Gasteiger partial charge >= 0.3 is 5.97 Å². The summed E-state index contributed by atoms with van der Waals surface area (Å²) in [5.41, 5.74) is 1.41. The van der Waals surface area contributed by atoms with Crippen molar-refractivity contribution >= 4 is 5.97 Å². The molecule has 0 radical (unpaired) electrons. The predicted octanol–water partition coefficient (Wildman–Crippen LogP) is 5.68.